The fourth-order valence-corrected chi connectivity index (χ4v) is 1.65. The normalized spacial score (nSPS) is 10.5. The van der Waals surface area contributed by atoms with Crippen molar-refractivity contribution in [3.63, 3.8) is 0 Å². The van der Waals surface area contributed by atoms with Gasteiger partial charge in [0.25, 0.3) is 0 Å². The van der Waals surface area contributed by atoms with Crippen LogP contribution in [0.4, 0.5) is 0 Å². The molecule has 2 aromatic rings. The predicted molar refractivity (Wildman–Crippen MR) is 60.8 cm³/mol. The average Bonchev–Trinajstić information content (AvgIpc) is 2.77. The first-order valence-electron chi connectivity index (χ1n) is 5.17. The second-order valence-electron chi connectivity index (χ2n) is 3.46. The van der Waals surface area contributed by atoms with E-state index in [1.807, 2.05) is 35.1 Å². The molecule has 3 heteroatoms. The van der Waals surface area contributed by atoms with Gasteiger partial charge >= 0.3 is 0 Å². The summed E-state index contributed by atoms with van der Waals surface area (Å²) in [7, 11) is 0. The Hall–Kier alpha value is -1.61. The summed E-state index contributed by atoms with van der Waals surface area (Å²) in [4.78, 5) is 0. The number of hydrogen-bond acceptors (Lipinski definition) is 2. The van der Waals surface area contributed by atoms with Gasteiger partial charge in [0.15, 0.2) is 0 Å². The van der Waals surface area contributed by atoms with E-state index in [0.717, 1.165) is 17.7 Å². The molecule has 0 amide bonds. The number of nitrogens with two attached hydrogens (primary N) is 1. The maximum Gasteiger partial charge on any atom is 0.0652 e. The Bertz CT molecular complexity index is 446. The van der Waals surface area contributed by atoms with Gasteiger partial charge < -0.3 is 5.73 Å². The molecule has 0 radical (unpaired) electrons. The molecule has 0 aliphatic carbocycles. The van der Waals surface area contributed by atoms with E-state index in [4.69, 9.17) is 5.73 Å². The minimum Gasteiger partial charge on any atom is -0.326 e. The highest BCUT2D eigenvalue weighted by molar-refractivity contribution is 5.36. The van der Waals surface area contributed by atoms with Crippen molar-refractivity contribution in [1.29, 1.82) is 0 Å². The van der Waals surface area contributed by atoms with Crippen LogP contribution in [0.5, 0.6) is 0 Å². The molecule has 78 valence electrons. The van der Waals surface area contributed by atoms with Crippen LogP contribution in [0.1, 0.15) is 18.2 Å². The van der Waals surface area contributed by atoms with Crippen molar-refractivity contribution in [1.82, 2.24) is 9.78 Å². The minimum absolute atomic E-state index is 0.566. The van der Waals surface area contributed by atoms with Crippen LogP contribution in [-0.4, -0.2) is 9.78 Å². The van der Waals surface area contributed by atoms with Crippen molar-refractivity contribution in [3.05, 3.63) is 47.8 Å². The number of benzene rings is 1. The Labute approximate surface area is 89.5 Å². The van der Waals surface area contributed by atoms with Crippen LogP contribution >= 0.6 is 0 Å². The van der Waals surface area contributed by atoms with Gasteiger partial charge in [-0.15, -0.1) is 0 Å². The van der Waals surface area contributed by atoms with Gasteiger partial charge in [-0.25, -0.2) is 4.68 Å². The third-order valence-corrected chi connectivity index (χ3v) is 2.47. The molecule has 15 heavy (non-hydrogen) atoms. The smallest absolute Gasteiger partial charge is 0.0652 e. The number of rotatable bonds is 3. The standard InChI is InChI=1S/C12H15N3/c1-2-11-6-7-14-15(11)12-5-3-4-10(8-12)9-13/h3-8H,2,9,13H2,1H3. The molecule has 0 fully saturated rings. The maximum atomic E-state index is 5.61. The Morgan fingerprint density at radius 1 is 1.33 bits per heavy atom. The lowest BCUT2D eigenvalue weighted by atomic mass is 10.2. The highest BCUT2D eigenvalue weighted by Gasteiger charge is 2.02. The van der Waals surface area contributed by atoms with E-state index in [9.17, 15) is 0 Å². The van der Waals surface area contributed by atoms with Gasteiger partial charge in [0, 0.05) is 18.4 Å². The van der Waals surface area contributed by atoms with Crippen molar-refractivity contribution in [3.8, 4) is 5.69 Å². The van der Waals surface area contributed by atoms with E-state index in [-0.39, 0.29) is 0 Å². The van der Waals surface area contributed by atoms with Crippen LogP contribution in [0, 0.1) is 0 Å². The molecule has 0 spiro atoms. The van der Waals surface area contributed by atoms with Crippen LogP contribution < -0.4 is 5.73 Å². The molecule has 1 aromatic carbocycles. The molecular formula is C12H15N3. The molecule has 1 aromatic heterocycles. The highest BCUT2D eigenvalue weighted by Crippen LogP contribution is 2.12. The number of aromatic nitrogens is 2. The molecule has 0 aliphatic heterocycles. The Balaban J connectivity index is 2.44. The number of aryl methyl sites for hydroxylation is 1. The molecule has 0 saturated heterocycles. The predicted octanol–water partition coefficient (Wildman–Crippen LogP) is 1.89. The fourth-order valence-electron chi connectivity index (χ4n) is 1.65. The van der Waals surface area contributed by atoms with Gasteiger partial charge in [0.1, 0.15) is 0 Å². The molecule has 0 unspecified atom stereocenters. The molecule has 3 nitrogen and oxygen atoms in total. The van der Waals surface area contributed by atoms with E-state index < -0.39 is 0 Å². The third-order valence-electron chi connectivity index (χ3n) is 2.47. The lowest BCUT2D eigenvalue weighted by molar-refractivity contribution is 0.812. The van der Waals surface area contributed by atoms with Crippen LogP contribution in [-0.2, 0) is 13.0 Å². The lowest BCUT2D eigenvalue weighted by Crippen LogP contribution is -2.03. The van der Waals surface area contributed by atoms with Crippen molar-refractivity contribution >= 4 is 0 Å². The summed E-state index contributed by atoms with van der Waals surface area (Å²) < 4.78 is 1.96. The zero-order chi connectivity index (χ0) is 10.7. The first kappa shape index (κ1) is 9.93. The summed E-state index contributed by atoms with van der Waals surface area (Å²) >= 11 is 0. The Morgan fingerprint density at radius 3 is 2.93 bits per heavy atom. The van der Waals surface area contributed by atoms with Crippen molar-refractivity contribution < 1.29 is 0 Å². The van der Waals surface area contributed by atoms with Gasteiger partial charge in [-0.3, -0.25) is 0 Å². The summed E-state index contributed by atoms with van der Waals surface area (Å²) in [6.07, 6.45) is 2.81. The monoisotopic (exact) mass is 201 g/mol. The van der Waals surface area contributed by atoms with Gasteiger partial charge in [-0.05, 0) is 30.2 Å². The summed E-state index contributed by atoms with van der Waals surface area (Å²) in [6.45, 7) is 2.69. The largest absolute Gasteiger partial charge is 0.326 e. The topological polar surface area (TPSA) is 43.8 Å². The van der Waals surface area contributed by atoms with E-state index in [1.54, 1.807) is 0 Å². The van der Waals surface area contributed by atoms with Crippen LogP contribution in [0.2, 0.25) is 0 Å². The van der Waals surface area contributed by atoms with E-state index in [1.165, 1.54) is 5.69 Å². The van der Waals surface area contributed by atoms with Crippen molar-refractivity contribution in [2.24, 2.45) is 5.73 Å². The van der Waals surface area contributed by atoms with Gasteiger partial charge in [0.2, 0.25) is 0 Å². The van der Waals surface area contributed by atoms with E-state index in [2.05, 4.69) is 18.1 Å². The fraction of sp³-hybridized carbons (Fsp3) is 0.250. The van der Waals surface area contributed by atoms with Crippen molar-refractivity contribution in [2.75, 3.05) is 0 Å². The Morgan fingerprint density at radius 2 is 2.20 bits per heavy atom. The van der Waals surface area contributed by atoms with Gasteiger partial charge in [-0.1, -0.05) is 19.1 Å². The van der Waals surface area contributed by atoms with Gasteiger partial charge in [0.05, 0.1) is 5.69 Å². The second-order valence-corrected chi connectivity index (χ2v) is 3.46. The van der Waals surface area contributed by atoms with Crippen molar-refractivity contribution in [2.45, 2.75) is 19.9 Å². The molecule has 2 N–H and O–H groups in total. The SMILES string of the molecule is CCc1ccnn1-c1cccc(CN)c1. The second kappa shape index (κ2) is 4.28. The highest BCUT2D eigenvalue weighted by atomic mass is 15.3. The van der Waals surface area contributed by atoms with Crippen LogP contribution in [0.3, 0.4) is 0 Å². The molecular weight excluding hydrogens is 186 g/mol. The third kappa shape index (κ3) is 1.92. The summed E-state index contributed by atoms with van der Waals surface area (Å²) in [6, 6.07) is 10.2. The number of nitrogens with zero attached hydrogens (tertiary/aromatic N) is 2. The molecule has 2 rings (SSSR count). The first-order valence-corrected chi connectivity index (χ1v) is 5.17. The van der Waals surface area contributed by atoms with E-state index >= 15 is 0 Å². The summed E-state index contributed by atoms with van der Waals surface area (Å²) in [5, 5.41) is 4.31. The zero-order valence-electron chi connectivity index (χ0n) is 8.85. The van der Waals surface area contributed by atoms with Crippen LogP contribution in [0.25, 0.3) is 5.69 Å². The average molecular weight is 201 g/mol. The minimum atomic E-state index is 0.566. The first-order chi connectivity index (χ1) is 7.35. The van der Waals surface area contributed by atoms with E-state index in [0.29, 0.717) is 6.54 Å². The molecule has 0 atom stereocenters. The maximum absolute atomic E-state index is 5.61. The quantitative estimate of drug-likeness (QED) is 0.824. The molecule has 0 aliphatic rings. The summed E-state index contributed by atoms with van der Waals surface area (Å²) in [5.74, 6) is 0. The Kier molecular flexibility index (Phi) is 2.83. The molecule has 0 bridgehead atoms. The number of hydrogen-bond donors (Lipinski definition) is 1. The lowest BCUT2D eigenvalue weighted by Gasteiger charge is -2.07. The van der Waals surface area contributed by atoms with Crippen LogP contribution in [0.15, 0.2) is 36.5 Å². The zero-order valence-corrected chi connectivity index (χ0v) is 8.85. The molecule has 0 saturated carbocycles. The molecule has 1 heterocycles. The summed E-state index contributed by atoms with van der Waals surface area (Å²) in [5.41, 5.74) is 9.04. The van der Waals surface area contributed by atoms with Gasteiger partial charge in [-0.2, -0.15) is 5.10 Å².